The van der Waals surface area contributed by atoms with Crippen molar-refractivity contribution in [1.29, 1.82) is 0 Å². The fraction of sp³-hybridized carbons (Fsp3) is 0.500. The van der Waals surface area contributed by atoms with Crippen LogP contribution in [0.15, 0.2) is 0 Å². The lowest BCUT2D eigenvalue weighted by molar-refractivity contribution is -0.305. The second-order valence-corrected chi connectivity index (χ2v) is 3.72. The van der Waals surface area contributed by atoms with Crippen LogP contribution in [0.4, 0.5) is 0 Å². The molecule has 0 rings (SSSR count). The lowest BCUT2D eigenvalue weighted by atomic mass is 10.2. The molecule has 82 valence electrons. The average molecular weight is 224 g/mol. The van der Waals surface area contributed by atoms with Gasteiger partial charge in [0.25, 0.3) is 0 Å². The van der Waals surface area contributed by atoms with Crippen molar-refractivity contribution in [1.82, 2.24) is 0 Å². The van der Waals surface area contributed by atoms with Gasteiger partial charge < -0.3 is 19.2 Å². The van der Waals surface area contributed by atoms with Gasteiger partial charge in [-0.2, -0.15) is 0 Å². The molecule has 7 nitrogen and oxygen atoms in total. The number of hydrogen-bond acceptors (Lipinski definition) is 7. The molecule has 1 unspecified atom stereocenters. The van der Waals surface area contributed by atoms with Crippen LogP contribution in [0.5, 0.6) is 0 Å². The Hall–Kier alpha value is -1.28. The van der Waals surface area contributed by atoms with Gasteiger partial charge >= 0.3 is 0 Å². The summed E-state index contributed by atoms with van der Waals surface area (Å²) >= 11 is 0. The highest BCUT2D eigenvalue weighted by atomic mass is 32.2. The lowest BCUT2D eigenvalue weighted by Gasteiger charge is -2.17. The third-order valence-electron chi connectivity index (χ3n) is 1.15. The fourth-order valence-electron chi connectivity index (χ4n) is 0.600. The van der Waals surface area contributed by atoms with Crippen molar-refractivity contribution >= 4 is 28.7 Å². The number of carboxylic acid groups (broad SMARTS) is 1. The van der Waals surface area contributed by atoms with Gasteiger partial charge in [-0.25, -0.2) is 8.42 Å². The number of Topliss-reactive ketones (excluding diaryl/α,β-unsaturated/α-hetero) is 1. The first kappa shape index (κ1) is 15.2. The van der Waals surface area contributed by atoms with Gasteiger partial charge in [0.05, 0.1) is 0 Å². The predicted molar refractivity (Wildman–Crippen MR) is 40.9 cm³/mol. The quantitative estimate of drug-likeness (QED) is 0.480. The first-order chi connectivity index (χ1) is 6.25. The zero-order valence-electron chi connectivity index (χ0n) is 7.26. The fourth-order valence-corrected chi connectivity index (χ4v) is 1.35. The van der Waals surface area contributed by atoms with Crippen LogP contribution in [-0.2, 0) is 24.5 Å². The van der Waals surface area contributed by atoms with Gasteiger partial charge in [0.15, 0.2) is 0 Å². The minimum Gasteiger partial charge on any atom is -0.747 e. The number of rotatable bonds is 4. The number of aliphatic carboxylic acids is 1. The smallest absolute Gasteiger partial charge is 0.147 e. The zero-order valence-corrected chi connectivity index (χ0v) is 8.07. The minimum absolute atomic E-state index is 0.836. The molecule has 0 N–H and O–H groups in total. The molecule has 0 aromatic rings. The van der Waals surface area contributed by atoms with E-state index in [4.69, 9.17) is 4.79 Å². The maximum atomic E-state index is 10.5. The van der Waals surface area contributed by atoms with E-state index in [-0.39, 0.29) is 0 Å². The number of carbonyl (C=O) groups excluding carboxylic acids is 3. The van der Waals surface area contributed by atoms with Gasteiger partial charge in [-0.3, -0.25) is 4.79 Å². The van der Waals surface area contributed by atoms with E-state index in [1.165, 1.54) is 0 Å². The second-order valence-electron chi connectivity index (χ2n) is 2.17. The molecule has 0 bridgehead atoms. The Kier molecular flexibility index (Phi) is 6.75. The molecule has 0 aromatic heterocycles. The zero-order chi connectivity index (χ0) is 11.9. The van der Waals surface area contributed by atoms with E-state index >= 15 is 0 Å². The van der Waals surface area contributed by atoms with Crippen molar-refractivity contribution < 1.29 is 32.5 Å². The highest BCUT2D eigenvalue weighted by Gasteiger charge is 2.21. The molecule has 0 saturated heterocycles. The van der Waals surface area contributed by atoms with E-state index in [0.29, 0.717) is 0 Å². The molecule has 1 atom stereocenters. The number of carbonyl (C=O) groups is 3. The average Bonchev–Trinajstić information content (AvgIpc) is 2.01. The molecule has 0 amide bonds. The van der Waals surface area contributed by atoms with E-state index in [2.05, 4.69) is 0 Å². The summed E-state index contributed by atoms with van der Waals surface area (Å²) < 4.78 is 30.7. The third kappa shape index (κ3) is 6.26. The molecule has 0 radical (unpaired) electrons. The Balaban J connectivity index is 0. The summed E-state index contributed by atoms with van der Waals surface area (Å²) in [6.45, 7) is 2.84. The molecule has 0 aliphatic rings. The molecule has 14 heavy (non-hydrogen) atoms. The molecule has 0 fully saturated rings. The summed E-state index contributed by atoms with van der Waals surface area (Å²) in [4.78, 5) is 28.3. The van der Waals surface area contributed by atoms with Crippen LogP contribution < -0.4 is 5.11 Å². The summed E-state index contributed by atoms with van der Waals surface area (Å²) in [5.41, 5.74) is 0. The Labute approximate surface area is 80.5 Å². The van der Waals surface area contributed by atoms with Crippen molar-refractivity contribution in [2.75, 3.05) is 0 Å². The lowest BCUT2D eigenvalue weighted by Crippen LogP contribution is -2.36. The number of carboxylic acids is 1. The third-order valence-corrected chi connectivity index (χ3v) is 2.35. The van der Waals surface area contributed by atoms with E-state index in [0.717, 1.165) is 6.92 Å². The summed E-state index contributed by atoms with van der Waals surface area (Å²) in [6.07, 6.45) is -1.08. The Morgan fingerprint density at radius 3 is 1.79 bits per heavy atom. The van der Waals surface area contributed by atoms with Gasteiger partial charge in [0.1, 0.15) is 27.9 Å². The Morgan fingerprint density at radius 2 is 1.71 bits per heavy atom. The van der Waals surface area contributed by atoms with Crippen LogP contribution in [0.3, 0.4) is 0 Å². The monoisotopic (exact) mass is 224 g/mol. The van der Waals surface area contributed by atoms with Crippen molar-refractivity contribution in [3.05, 3.63) is 0 Å². The largest absolute Gasteiger partial charge is 0.747 e. The van der Waals surface area contributed by atoms with Gasteiger partial charge in [0.2, 0.25) is 0 Å². The first-order valence-corrected chi connectivity index (χ1v) is 4.66. The first-order valence-electron chi connectivity index (χ1n) is 3.19. The Morgan fingerprint density at radius 1 is 1.36 bits per heavy atom. The number of ketones is 1. The van der Waals surface area contributed by atoms with Crippen molar-refractivity contribution in [3.8, 4) is 0 Å². The predicted octanol–water partition coefficient (Wildman–Crippen LogP) is -2.56. The van der Waals surface area contributed by atoms with E-state index in [1.54, 1.807) is 0 Å². The van der Waals surface area contributed by atoms with Crippen LogP contribution in [0, 0.1) is 0 Å². The maximum absolute atomic E-state index is 10.5. The molecule has 0 aromatic carbocycles. The van der Waals surface area contributed by atoms with Crippen LogP contribution in [-0.4, -0.2) is 36.8 Å². The van der Waals surface area contributed by atoms with E-state index < -0.39 is 33.5 Å². The maximum Gasteiger partial charge on any atom is 0.147 e. The van der Waals surface area contributed by atoms with Crippen molar-refractivity contribution in [2.24, 2.45) is 0 Å². The Bertz CT molecular complexity index is 304. The van der Waals surface area contributed by atoms with E-state index in [9.17, 15) is 27.7 Å². The van der Waals surface area contributed by atoms with Crippen LogP contribution in [0.2, 0.25) is 0 Å². The molecule has 0 aliphatic heterocycles. The normalized spacial score (nSPS) is 12.1. The molecular formula is C6H8O7S-2. The van der Waals surface area contributed by atoms with Crippen LogP contribution >= 0.6 is 0 Å². The van der Waals surface area contributed by atoms with Gasteiger partial charge in [0, 0.05) is 12.4 Å². The van der Waals surface area contributed by atoms with Crippen LogP contribution in [0.1, 0.15) is 13.3 Å². The molecule has 0 aliphatic carbocycles. The molecule has 0 heterocycles. The molecular weight excluding hydrogens is 216 g/mol. The highest BCUT2D eigenvalue weighted by Crippen LogP contribution is 2.04. The summed E-state index contributed by atoms with van der Waals surface area (Å²) in [5, 5.41) is 7.87. The topological polar surface area (TPSA) is 131 Å². The molecule has 0 saturated carbocycles. The summed E-state index contributed by atoms with van der Waals surface area (Å²) in [5.74, 6) is -2.73. The molecule has 8 heteroatoms. The van der Waals surface area contributed by atoms with Gasteiger partial charge in [-0.1, -0.05) is 0 Å². The van der Waals surface area contributed by atoms with Crippen molar-refractivity contribution in [2.45, 2.75) is 18.6 Å². The highest BCUT2D eigenvalue weighted by molar-refractivity contribution is 7.87. The second kappa shape index (κ2) is 6.22. The minimum atomic E-state index is -4.88. The van der Waals surface area contributed by atoms with Gasteiger partial charge in [-0.05, 0) is 6.92 Å². The standard InChI is InChI=1S/C5H8O6S.CH2O/c1-3(6)4(2-5(7)8)12(9,10)11;1-2/h4H,2H2,1H3,(H,7,8)(H,9,10,11);1H2/p-2. The van der Waals surface area contributed by atoms with Gasteiger partial charge in [-0.15, -0.1) is 0 Å². The van der Waals surface area contributed by atoms with E-state index in [1.807, 2.05) is 6.79 Å². The molecule has 0 spiro atoms. The SMILES string of the molecule is C=O.CC(=O)C(CC(=O)[O-])S(=O)(=O)[O-]. The summed E-state index contributed by atoms with van der Waals surface area (Å²) in [6, 6.07) is 0. The van der Waals surface area contributed by atoms with Crippen LogP contribution in [0.25, 0.3) is 0 Å². The summed E-state index contributed by atoms with van der Waals surface area (Å²) in [7, 11) is -4.88. The van der Waals surface area contributed by atoms with Crippen molar-refractivity contribution in [3.63, 3.8) is 0 Å². The number of hydrogen-bond donors (Lipinski definition) is 0.